The Bertz CT molecular complexity index is 581. The molecule has 1 aromatic carbocycles. The molecule has 2 aliphatic rings. The number of aliphatic imine (C=N–C) groups is 1. The van der Waals surface area contributed by atoms with Crippen LogP contribution in [0.3, 0.4) is 0 Å². The molecule has 3 rings (SSSR count). The third-order valence-electron chi connectivity index (χ3n) is 5.79. The van der Waals surface area contributed by atoms with Gasteiger partial charge in [-0.15, -0.1) is 0 Å². The fraction of sp³-hybridized carbons (Fsp3) is 0.682. The number of nitrogens with one attached hydrogen (secondary N) is 2. The van der Waals surface area contributed by atoms with Crippen molar-refractivity contribution in [2.75, 3.05) is 46.5 Å². The predicted octanol–water partition coefficient (Wildman–Crippen LogP) is 2.57. The molecule has 6 heteroatoms. The Morgan fingerprint density at radius 3 is 2.71 bits per heavy atom. The van der Waals surface area contributed by atoms with Gasteiger partial charge in [0, 0.05) is 45.4 Å². The Labute approximate surface area is 169 Å². The summed E-state index contributed by atoms with van der Waals surface area (Å²) in [6.07, 6.45) is 4.84. The molecular weight excluding hydrogens is 352 g/mol. The van der Waals surface area contributed by atoms with E-state index in [0.29, 0.717) is 31.4 Å². The average molecular weight is 389 g/mol. The second-order valence-corrected chi connectivity index (χ2v) is 7.75. The quantitative estimate of drug-likeness (QED) is 0.407. The molecule has 0 aliphatic carbocycles. The highest BCUT2D eigenvalue weighted by atomic mass is 16.5. The number of ether oxygens (including phenoxy) is 2. The van der Waals surface area contributed by atoms with Gasteiger partial charge in [0.05, 0.1) is 19.3 Å². The first-order valence-electron chi connectivity index (χ1n) is 10.7. The topological polar surface area (TPSA) is 58.1 Å². The SMILES string of the molecule is CN=C(NCCOCC1CCCO1)NC1CCN(C(C)c2ccccc2)CC1. The van der Waals surface area contributed by atoms with Crippen LogP contribution < -0.4 is 10.6 Å². The van der Waals surface area contributed by atoms with E-state index in [1.807, 2.05) is 7.05 Å². The molecule has 1 aromatic rings. The van der Waals surface area contributed by atoms with Crippen LogP contribution in [-0.2, 0) is 9.47 Å². The largest absolute Gasteiger partial charge is 0.377 e. The van der Waals surface area contributed by atoms with E-state index in [4.69, 9.17) is 9.47 Å². The van der Waals surface area contributed by atoms with E-state index in [1.54, 1.807) is 0 Å². The predicted molar refractivity (Wildman–Crippen MR) is 114 cm³/mol. The summed E-state index contributed by atoms with van der Waals surface area (Å²) < 4.78 is 11.3. The van der Waals surface area contributed by atoms with E-state index in [9.17, 15) is 0 Å². The maximum absolute atomic E-state index is 5.71. The number of hydrogen-bond donors (Lipinski definition) is 2. The molecule has 0 spiro atoms. The van der Waals surface area contributed by atoms with Gasteiger partial charge in [0.15, 0.2) is 5.96 Å². The van der Waals surface area contributed by atoms with Crippen LogP contribution in [0.25, 0.3) is 0 Å². The summed E-state index contributed by atoms with van der Waals surface area (Å²) in [4.78, 5) is 6.93. The van der Waals surface area contributed by atoms with Gasteiger partial charge in [-0.05, 0) is 38.2 Å². The normalized spacial score (nSPS) is 22.9. The van der Waals surface area contributed by atoms with Crippen LogP contribution in [0.15, 0.2) is 35.3 Å². The fourth-order valence-corrected chi connectivity index (χ4v) is 3.99. The van der Waals surface area contributed by atoms with Gasteiger partial charge in [-0.25, -0.2) is 0 Å². The fourth-order valence-electron chi connectivity index (χ4n) is 3.99. The first-order chi connectivity index (χ1) is 13.8. The van der Waals surface area contributed by atoms with E-state index in [-0.39, 0.29) is 0 Å². The van der Waals surface area contributed by atoms with Gasteiger partial charge in [-0.2, -0.15) is 0 Å². The maximum atomic E-state index is 5.71. The zero-order valence-electron chi connectivity index (χ0n) is 17.4. The second kappa shape index (κ2) is 11.4. The molecule has 2 aliphatic heterocycles. The summed E-state index contributed by atoms with van der Waals surface area (Å²) in [5.41, 5.74) is 1.40. The lowest BCUT2D eigenvalue weighted by Crippen LogP contribution is -2.49. The van der Waals surface area contributed by atoms with Crippen molar-refractivity contribution in [2.45, 2.75) is 50.8 Å². The molecule has 2 atom stereocenters. The standard InChI is InChI=1S/C22H36N4O2/c1-18(19-7-4-3-5-8-19)26-13-10-20(11-14-26)25-22(23-2)24-12-16-27-17-21-9-6-15-28-21/h3-5,7-8,18,20-21H,6,9-17H2,1-2H3,(H2,23,24,25). The highest BCUT2D eigenvalue weighted by Crippen LogP contribution is 2.23. The lowest BCUT2D eigenvalue weighted by molar-refractivity contribution is 0.0191. The molecular formula is C22H36N4O2. The summed E-state index contributed by atoms with van der Waals surface area (Å²) in [7, 11) is 1.83. The van der Waals surface area contributed by atoms with Crippen molar-refractivity contribution >= 4 is 5.96 Å². The van der Waals surface area contributed by atoms with E-state index in [0.717, 1.165) is 57.9 Å². The maximum Gasteiger partial charge on any atom is 0.191 e. The van der Waals surface area contributed by atoms with Crippen molar-refractivity contribution in [2.24, 2.45) is 4.99 Å². The average Bonchev–Trinajstić information content (AvgIpc) is 3.27. The molecule has 2 unspecified atom stereocenters. The van der Waals surface area contributed by atoms with Crippen molar-refractivity contribution in [1.29, 1.82) is 0 Å². The van der Waals surface area contributed by atoms with Gasteiger partial charge in [0.25, 0.3) is 0 Å². The molecule has 0 saturated carbocycles. The van der Waals surface area contributed by atoms with Crippen molar-refractivity contribution in [3.8, 4) is 0 Å². The van der Waals surface area contributed by atoms with Crippen LogP contribution in [0.1, 0.15) is 44.2 Å². The van der Waals surface area contributed by atoms with Crippen LogP contribution in [0.5, 0.6) is 0 Å². The minimum Gasteiger partial charge on any atom is -0.377 e. The summed E-state index contributed by atoms with van der Waals surface area (Å²) in [5, 5.41) is 6.93. The number of guanidine groups is 1. The number of hydrogen-bond acceptors (Lipinski definition) is 4. The van der Waals surface area contributed by atoms with E-state index in [1.165, 1.54) is 5.56 Å². The first kappa shape index (κ1) is 21.1. The molecule has 0 radical (unpaired) electrons. The van der Waals surface area contributed by atoms with E-state index < -0.39 is 0 Å². The molecule has 28 heavy (non-hydrogen) atoms. The lowest BCUT2D eigenvalue weighted by atomic mass is 10.0. The number of nitrogens with zero attached hydrogens (tertiary/aromatic N) is 2. The summed E-state index contributed by atoms with van der Waals surface area (Å²) >= 11 is 0. The first-order valence-corrected chi connectivity index (χ1v) is 10.7. The molecule has 2 N–H and O–H groups in total. The van der Waals surface area contributed by atoms with Crippen LogP contribution in [-0.4, -0.2) is 69.5 Å². The van der Waals surface area contributed by atoms with Crippen LogP contribution >= 0.6 is 0 Å². The number of likely N-dealkylation sites (tertiary alicyclic amines) is 1. The van der Waals surface area contributed by atoms with Gasteiger partial charge in [-0.1, -0.05) is 30.3 Å². The lowest BCUT2D eigenvalue weighted by Gasteiger charge is -2.37. The summed E-state index contributed by atoms with van der Waals surface area (Å²) in [5.74, 6) is 0.871. The Morgan fingerprint density at radius 1 is 1.25 bits per heavy atom. The minimum absolute atomic E-state index is 0.292. The zero-order chi connectivity index (χ0) is 19.6. The zero-order valence-corrected chi connectivity index (χ0v) is 17.4. The highest BCUT2D eigenvalue weighted by molar-refractivity contribution is 5.79. The molecule has 2 fully saturated rings. The highest BCUT2D eigenvalue weighted by Gasteiger charge is 2.24. The van der Waals surface area contributed by atoms with Gasteiger partial charge in [-0.3, -0.25) is 9.89 Å². The van der Waals surface area contributed by atoms with Gasteiger partial charge >= 0.3 is 0 Å². The molecule has 156 valence electrons. The second-order valence-electron chi connectivity index (χ2n) is 7.75. The van der Waals surface area contributed by atoms with E-state index >= 15 is 0 Å². The van der Waals surface area contributed by atoms with Crippen molar-refractivity contribution in [1.82, 2.24) is 15.5 Å². The van der Waals surface area contributed by atoms with Gasteiger partial charge < -0.3 is 20.1 Å². The molecule has 0 bridgehead atoms. The smallest absolute Gasteiger partial charge is 0.191 e. The van der Waals surface area contributed by atoms with Gasteiger partial charge in [0.1, 0.15) is 0 Å². The minimum atomic E-state index is 0.292. The van der Waals surface area contributed by atoms with Gasteiger partial charge in [0.2, 0.25) is 0 Å². The van der Waals surface area contributed by atoms with E-state index in [2.05, 4.69) is 57.8 Å². The number of piperidine rings is 1. The van der Waals surface area contributed by atoms with Crippen LogP contribution in [0.2, 0.25) is 0 Å². The molecule has 0 aromatic heterocycles. The Kier molecular flexibility index (Phi) is 8.58. The summed E-state index contributed by atoms with van der Waals surface area (Å²) in [6.45, 7) is 7.53. The number of rotatable bonds is 8. The molecule has 0 amide bonds. The number of benzene rings is 1. The van der Waals surface area contributed by atoms with Crippen LogP contribution in [0.4, 0.5) is 0 Å². The Balaban J connectivity index is 1.31. The monoisotopic (exact) mass is 388 g/mol. The molecule has 2 heterocycles. The van der Waals surface area contributed by atoms with Crippen molar-refractivity contribution < 1.29 is 9.47 Å². The van der Waals surface area contributed by atoms with Crippen molar-refractivity contribution in [3.63, 3.8) is 0 Å². The van der Waals surface area contributed by atoms with Crippen LogP contribution in [0, 0.1) is 0 Å². The third-order valence-corrected chi connectivity index (χ3v) is 5.79. The Hall–Kier alpha value is -1.63. The molecule has 2 saturated heterocycles. The van der Waals surface area contributed by atoms with Crippen molar-refractivity contribution in [3.05, 3.63) is 35.9 Å². The molecule has 6 nitrogen and oxygen atoms in total. The third kappa shape index (κ3) is 6.47. The Morgan fingerprint density at radius 2 is 2.04 bits per heavy atom. The summed E-state index contributed by atoms with van der Waals surface area (Å²) in [6, 6.07) is 11.7.